The number of rotatable bonds is 5. The standard InChI is InChI=1S/C18H24F3N3O2/c1-12(25)22-8-13-5-4-6-14(7-13)15-9-23(2)10-16(15)17(26)24(3)11-18(19,20)21/h4-7,15-16H,8-11H2,1-3H3,(H,22,25)/t15-,16+/m1/s1. The summed E-state index contributed by atoms with van der Waals surface area (Å²) in [5.41, 5.74) is 1.79. The molecule has 0 aromatic heterocycles. The number of carbonyl (C=O) groups is 2. The molecule has 26 heavy (non-hydrogen) atoms. The number of hydrogen-bond acceptors (Lipinski definition) is 3. The van der Waals surface area contributed by atoms with Crippen LogP contribution in [0, 0.1) is 5.92 Å². The first-order chi connectivity index (χ1) is 12.1. The van der Waals surface area contributed by atoms with Crippen LogP contribution in [-0.2, 0) is 16.1 Å². The van der Waals surface area contributed by atoms with Gasteiger partial charge >= 0.3 is 6.18 Å². The fourth-order valence-corrected chi connectivity index (χ4v) is 3.38. The summed E-state index contributed by atoms with van der Waals surface area (Å²) in [5, 5.41) is 2.72. The SMILES string of the molecule is CC(=O)NCc1cccc([C@H]2CN(C)C[C@@H]2C(=O)N(C)CC(F)(F)F)c1. The van der Waals surface area contributed by atoms with Crippen LogP contribution < -0.4 is 5.32 Å². The van der Waals surface area contributed by atoms with E-state index in [-0.39, 0.29) is 11.8 Å². The first-order valence-corrected chi connectivity index (χ1v) is 8.40. The van der Waals surface area contributed by atoms with E-state index in [4.69, 9.17) is 0 Å². The lowest BCUT2D eigenvalue weighted by Crippen LogP contribution is -2.41. The molecule has 2 atom stereocenters. The van der Waals surface area contributed by atoms with Crippen LogP contribution in [0.5, 0.6) is 0 Å². The van der Waals surface area contributed by atoms with Crippen LogP contribution in [0.2, 0.25) is 0 Å². The smallest absolute Gasteiger partial charge is 0.352 e. The largest absolute Gasteiger partial charge is 0.406 e. The van der Waals surface area contributed by atoms with Gasteiger partial charge in [0.15, 0.2) is 0 Å². The van der Waals surface area contributed by atoms with Gasteiger partial charge in [-0.1, -0.05) is 24.3 Å². The van der Waals surface area contributed by atoms with Crippen LogP contribution in [0.4, 0.5) is 13.2 Å². The van der Waals surface area contributed by atoms with Gasteiger partial charge in [-0.15, -0.1) is 0 Å². The number of carbonyl (C=O) groups excluding carboxylic acids is 2. The summed E-state index contributed by atoms with van der Waals surface area (Å²) in [5.74, 6) is -1.34. The van der Waals surface area contributed by atoms with Crippen molar-refractivity contribution in [1.82, 2.24) is 15.1 Å². The van der Waals surface area contributed by atoms with Gasteiger partial charge in [-0.25, -0.2) is 0 Å². The van der Waals surface area contributed by atoms with E-state index >= 15 is 0 Å². The highest BCUT2D eigenvalue weighted by Crippen LogP contribution is 2.34. The number of amides is 2. The van der Waals surface area contributed by atoms with Gasteiger partial charge in [0.1, 0.15) is 6.54 Å². The minimum Gasteiger partial charge on any atom is -0.352 e. The van der Waals surface area contributed by atoms with Crippen molar-refractivity contribution in [2.45, 2.75) is 25.6 Å². The Morgan fingerprint density at radius 2 is 2.00 bits per heavy atom. The lowest BCUT2D eigenvalue weighted by atomic mass is 9.87. The van der Waals surface area contributed by atoms with Crippen molar-refractivity contribution in [2.24, 2.45) is 5.92 Å². The Kier molecular flexibility index (Phi) is 6.28. The summed E-state index contributed by atoms with van der Waals surface area (Å²) in [6.45, 7) is 1.57. The fourth-order valence-electron chi connectivity index (χ4n) is 3.38. The monoisotopic (exact) mass is 371 g/mol. The summed E-state index contributed by atoms with van der Waals surface area (Å²) in [6.07, 6.45) is -4.41. The van der Waals surface area contributed by atoms with E-state index in [1.54, 1.807) is 0 Å². The molecule has 1 aromatic rings. The van der Waals surface area contributed by atoms with Gasteiger partial charge in [0.05, 0.1) is 5.92 Å². The van der Waals surface area contributed by atoms with Gasteiger partial charge < -0.3 is 15.1 Å². The first kappa shape index (κ1) is 20.2. The number of likely N-dealkylation sites (tertiary alicyclic amines) is 1. The quantitative estimate of drug-likeness (QED) is 0.861. The third-order valence-electron chi connectivity index (χ3n) is 4.53. The number of likely N-dealkylation sites (N-methyl/N-ethyl adjacent to an activating group) is 1. The normalized spacial score (nSPS) is 20.8. The van der Waals surface area contributed by atoms with Gasteiger partial charge in [0.2, 0.25) is 11.8 Å². The maximum Gasteiger partial charge on any atom is 0.406 e. The van der Waals surface area contributed by atoms with E-state index in [9.17, 15) is 22.8 Å². The second-order valence-corrected chi connectivity index (χ2v) is 6.90. The molecule has 2 rings (SSSR count). The van der Waals surface area contributed by atoms with Crippen molar-refractivity contribution in [3.63, 3.8) is 0 Å². The molecule has 0 radical (unpaired) electrons. The van der Waals surface area contributed by atoms with E-state index < -0.39 is 24.5 Å². The second kappa shape index (κ2) is 8.07. The minimum atomic E-state index is -4.41. The molecular formula is C18H24F3N3O2. The van der Waals surface area contributed by atoms with Crippen LogP contribution in [-0.4, -0.2) is 61.5 Å². The molecule has 144 valence electrons. The molecule has 1 heterocycles. The minimum absolute atomic E-state index is 0.141. The zero-order valence-corrected chi connectivity index (χ0v) is 15.1. The Balaban J connectivity index is 2.17. The molecule has 1 aromatic carbocycles. The molecule has 0 aliphatic carbocycles. The van der Waals surface area contributed by atoms with Crippen molar-refractivity contribution >= 4 is 11.8 Å². The predicted octanol–water partition coefficient (Wildman–Crippen LogP) is 1.99. The molecule has 8 heteroatoms. The van der Waals surface area contributed by atoms with E-state index in [1.165, 1.54) is 14.0 Å². The highest BCUT2D eigenvalue weighted by molar-refractivity contribution is 5.80. The lowest BCUT2D eigenvalue weighted by Gasteiger charge is -2.25. The number of halogens is 3. The molecule has 2 amide bonds. The molecule has 0 spiro atoms. The van der Waals surface area contributed by atoms with Gasteiger partial charge in [0.25, 0.3) is 0 Å². The Morgan fingerprint density at radius 1 is 1.31 bits per heavy atom. The number of benzene rings is 1. The van der Waals surface area contributed by atoms with Crippen LogP contribution in [0.25, 0.3) is 0 Å². The Bertz CT molecular complexity index is 663. The molecule has 1 N–H and O–H groups in total. The molecule has 5 nitrogen and oxygen atoms in total. The summed E-state index contributed by atoms with van der Waals surface area (Å²) in [4.78, 5) is 26.4. The molecule has 1 aliphatic rings. The summed E-state index contributed by atoms with van der Waals surface area (Å²) in [6, 6.07) is 7.49. The summed E-state index contributed by atoms with van der Waals surface area (Å²) in [7, 11) is 3.05. The van der Waals surface area contributed by atoms with Crippen LogP contribution >= 0.6 is 0 Å². The van der Waals surface area contributed by atoms with Crippen LogP contribution in [0.1, 0.15) is 24.0 Å². The maximum atomic E-state index is 12.6. The number of nitrogens with zero attached hydrogens (tertiary/aromatic N) is 2. The highest BCUT2D eigenvalue weighted by atomic mass is 19.4. The van der Waals surface area contributed by atoms with E-state index in [2.05, 4.69) is 5.32 Å². The average Bonchev–Trinajstić information content (AvgIpc) is 2.92. The third kappa shape index (κ3) is 5.45. The zero-order valence-electron chi connectivity index (χ0n) is 15.1. The second-order valence-electron chi connectivity index (χ2n) is 6.90. The van der Waals surface area contributed by atoms with Crippen molar-refractivity contribution < 1.29 is 22.8 Å². The lowest BCUT2D eigenvalue weighted by molar-refractivity contribution is -0.160. The zero-order chi connectivity index (χ0) is 19.5. The molecule has 0 unspecified atom stereocenters. The van der Waals surface area contributed by atoms with Gasteiger partial charge in [0, 0.05) is 39.5 Å². The first-order valence-electron chi connectivity index (χ1n) is 8.40. The number of nitrogens with one attached hydrogen (secondary N) is 1. The summed E-state index contributed by atoms with van der Waals surface area (Å²) >= 11 is 0. The summed E-state index contributed by atoms with van der Waals surface area (Å²) < 4.78 is 37.8. The maximum absolute atomic E-state index is 12.6. The Labute approximate surface area is 151 Å². The molecule has 1 fully saturated rings. The predicted molar refractivity (Wildman–Crippen MR) is 91.4 cm³/mol. The Hall–Kier alpha value is -2.09. The van der Waals surface area contributed by atoms with Crippen molar-refractivity contribution in [3.8, 4) is 0 Å². The van der Waals surface area contributed by atoms with E-state index in [0.717, 1.165) is 16.0 Å². The highest BCUT2D eigenvalue weighted by Gasteiger charge is 2.40. The van der Waals surface area contributed by atoms with Crippen LogP contribution in [0.15, 0.2) is 24.3 Å². The molecule has 0 bridgehead atoms. The van der Waals surface area contributed by atoms with E-state index in [0.29, 0.717) is 19.6 Å². The molecule has 0 saturated carbocycles. The molecular weight excluding hydrogens is 347 g/mol. The van der Waals surface area contributed by atoms with Crippen molar-refractivity contribution in [1.29, 1.82) is 0 Å². The van der Waals surface area contributed by atoms with E-state index in [1.807, 2.05) is 36.2 Å². The topological polar surface area (TPSA) is 52.7 Å². The molecule has 1 saturated heterocycles. The van der Waals surface area contributed by atoms with Gasteiger partial charge in [-0.2, -0.15) is 13.2 Å². The van der Waals surface area contributed by atoms with Crippen molar-refractivity contribution in [3.05, 3.63) is 35.4 Å². The fraction of sp³-hybridized carbons (Fsp3) is 0.556. The number of hydrogen-bond donors (Lipinski definition) is 1. The third-order valence-corrected chi connectivity index (χ3v) is 4.53. The van der Waals surface area contributed by atoms with Gasteiger partial charge in [-0.05, 0) is 18.2 Å². The Morgan fingerprint density at radius 3 is 2.62 bits per heavy atom. The van der Waals surface area contributed by atoms with Crippen LogP contribution in [0.3, 0.4) is 0 Å². The molecule has 1 aliphatic heterocycles. The van der Waals surface area contributed by atoms with Gasteiger partial charge in [-0.3, -0.25) is 9.59 Å². The average molecular weight is 371 g/mol. The van der Waals surface area contributed by atoms with Crippen molar-refractivity contribution in [2.75, 3.05) is 33.7 Å². The number of alkyl halides is 3.